The van der Waals surface area contributed by atoms with E-state index in [1.165, 1.54) is 0 Å². The van der Waals surface area contributed by atoms with Crippen molar-refractivity contribution in [3.8, 4) is 0 Å². The SMILES string of the molecule is CCCON1C(C)(C)C2C(C1(C)C)C2(N)N1CCOCC1. The van der Waals surface area contributed by atoms with Gasteiger partial charge in [0, 0.05) is 36.0 Å². The summed E-state index contributed by atoms with van der Waals surface area (Å²) in [4.78, 5) is 8.55. The Hall–Kier alpha value is -0.200. The van der Waals surface area contributed by atoms with Crippen molar-refractivity contribution in [1.29, 1.82) is 0 Å². The van der Waals surface area contributed by atoms with Crippen molar-refractivity contribution in [3.63, 3.8) is 0 Å². The molecule has 3 rings (SSSR count). The van der Waals surface area contributed by atoms with Gasteiger partial charge in [0.15, 0.2) is 0 Å². The van der Waals surface area contributed by atoms with E-state index >= 15 is 0 Å². The maximum atomic E-state index is 6.90. The predicted molar refractivity (Wildman–Crippen MR) is 82.5 cm³/mol. The molecule has 5 heteroatoms. The highest BCUT2D eigenvalue weighted by Gasteiger charge is 2.82. The first-order chi connectivity index (χ1) is 9.79. The largest absolute Gasteiger partial charge is 0.379 e. The Kier molecular flexibility index (Phi) is 3.66. The summed E-state index contributed by atoms with van der Waals surface area (Å²) in [6, 6.07) is 0. The quantitative estimate of drug-likeness (QED) is 0.851. The van der Waals surface area contributed by atoms with E-state index < -0.39 is 0 Å². The van der Waals surface area contributed by atoms with E-state index in [-0.39, 0.29) is 16.7 Å². The molecule has 0 aromatic carbocycles. The second-order valence-electron chi connectivity index (χ2n) is 7.88. The third kappa shape index (κ3) is 2.01. The van der Waals surface area contributed by atoms with Crippen LogP contribution in [0.2, 0.25) is 0 Å². The van der Waals surface area contributed by atoms with E-state index in [1.54, 1.807) is 0 Å². The van der Waals surface area contributed by atoms with Gasteiger partial charge in [-0.05, 0) is 34.1 Å². The van der Waals surface area contributed by atoms with Crippen LogP contribution in [0, 0.1) is 11.8 Å². The van der Waals surface area contributed by atoms with Gasteiger partial charge in [-0.15, -0.1) is 0 Å². The van der Waals surface area contributed by atoms with Gasteiger partial charge in [0.25, 0.3) is 0 Å². The van der Waals surface area contributed by atoms with E-state index in [4.69, 9.17) is 15.3 Å². The molecule has 0 spiro atoms. The molecule has 1 aliphatic carbocycles. The molecule has 0 amide bonds. The third-order valence-corrected chi connectivity index (χ3v) is 5.77. The number of ether oxygens (including phenoxy) is 1. The highest BCUT2D eigenvalue weighted by molar-refractivity contribution is 5.32. The molecule has 0 radical (unpaired) electrons. The first-order valence-electron chi connectivity index (χ1n) is 8.34. The number of rotatable bonds is 4. The number of nitrogens with two attached hydrogens (primary N) is 1. The number of hydrogen-bond acceptors (Lipinski definition) is 5. The normalized spacial score (nSPS) is 42.0. The summed E-state index contributed by atoms with van der Waals surface area (Å²) in [5.41, 5.74) is 6.65. The zero-order valence-corrected chi connectivity index (χ0v) is 14.2. The molecule has 5 nitrogen and oxygen atoms in total. The summed E-state index contributed by atoms with van der Waals surface area (Å²) in [5.74, 6) is 0.907. The fourth-order valence-electron chi connectivity index (χ4n) is 5.20. The summed E-state index contributed by atoms with van der Waals surface area (Å²) in [6.07, 6.45) is 1.04. The van der Waals surface area contributed by atoms with Crippen molar-refractivity contribution in [3.05, 3.63) is 0 Å². The lowest BCUT2D eigenvalue weighted by atomic mass is 9.94. The van der Waals surface area contributed by atoms with Gasteiger partial charge in [-0.1, -0.05) is 6.92 Å². The molecule has 2 aliphatic heterocycles. The van der Waals surface area contributed by atoms with Gasteiger partial charge >= 0.3 is 0 Å². The average molecular weight is 297 g/mol. The third-order valence-electron chi connectivity index (χ3n) is 5.77. The van der Waals surface area contributed by atoms with Crippen LogP contribution in [0.3, 0.4) is 0 Å². The lowest BCUT2D eigenvalue weighted by molar-refractivity contribution is -0.261. The van der Waals surface area contributed by atoms with Gasteiger partial charge in [-0.2, -0.15) is 5.06 Å². The zero-order chi connectivity index (χ0) is 15.5. The minimum atomic E-state index is -0.192. The molecule has 2 unspecified atom stereocenters. The monoisotopic (exact) mass is 297 g/mol. The van der Waals surface area contributed by atoms with Crippen LogP contribution in [-0.4, -0.2) is 59.6 Å². The average Bonchev–Trinajstić information content (AvgIpc) is 3.05. The van der Waals surface area contributed by atoms with Crippen molar-refractivity contribution in [2.24, 2.45) is 17.6 Å². The summed E-state index contributed by atoms with van der Waals surface area (Å²) >= 11 is 0. The second-order valence-corrected chi connectivity index (χ2v) is 7.88. The van der Waals surface area contributed by atoms with Crippen LogP contribution in [0.5, 0.6) is 0 Å². The standard InChI is InChI=1S/C16H31N3O2/c1-6-9-21-19-14(2,3)12-13(15(19,4)5)16(12,17)18-7-10-20-11-8-18/h12-13H,6-11,17H2,1-5H3. The smallest absolute Gasteiger partial charge is 0.0793 e. The lowest BCUT2D eigenvalue weighted by Crippen LogP contribution is -2.63. The maximum absolute atomic E-state index is 6.90. The number of morpholine rings is 1. The van der Waals surface area contributed by atoms with Crippen LogP contribution >= 0.6 is 0 Å². The molecule has 0 bridgehead atoms. The maximum Gasteiger partial charge on any atom is 0.0793 e. The molecule has 21 heavy (non-hydrogen) atoms. The van der Waals surface area contributed by atoms with E-state index in [0.29, 0.717) is 11.8 Å². The molecule has 0 aromatic heterocycles. The van der Waals surface area contributed by atoms with Crippen molar-refractivity contribution >= 4 is 0 Å². The number of nitrogens with zero attached hydrogens (tertiary/aromatic N) is 2. The molecule has 0 aromatic rings. The van der Waals surface area contributed by atoms with E-state index in [9.17, 15) is 0 Å². The van der Waals surface area contributed by atoms with Crippen molar-refractivity contribution < 1.29 is 9.57 Å². The van der Waals surface area contributed by atoms with Crippen LogP contribution < -0.4 is 5.73 Å². The van der Waals surface area contributed by atoms with Crippen LogP contribution in [0.1, 0.15) is 41.0 Å². The highest BCUT2D eigenvalue weighted by atomic mass is 16.7. The van der Waals surface area contributed by atoms with Crippen LogP contribution in [-0.2, 0) is 9.57 Å². The molecule has 3 aliphatic rings. The first kappa shape index (κ1) is 15.7. The fourth-order valence-corrected chi connectivity index (χ4v) is 5.20. The Morgan fingerprint density at radius 3 is 2.10 bits per heavy atom. The number of fused-ring (bicyclic) bond motifs is 1. The van der Waals surface area contributed by atoms with Gasteiger partial charge in [-0.25, -0.2) is 0 Å². The molecule has 1 saturated carbocycles. The molecule has 2 heterocycles. The summed E-state index contributed by atoms with van der Waals surface area (Å²) in [5, 5.41) is 2.23. The van der Waals surface area contributed by atoms with Gasteiger partial charge in [0.2, 0.25) is 0 Å². The highest BCUT2D eigenvalue weighted by Crippen LogP contribution is 2.69. The minimum absolute atomic E-state index is 0.0314. The number of piperidine rings is 1. The Bertz CT molecular complexity index is 382. The fraction of sp³-hybridized carbons (Fsp3) is 1.00. The Labute approximate surface area is 128 Å². The predicted octanol–water partition coefficient (Wildman–Crippen LogP) is 1.43. The van der Waals surface area contributed by atoms with Crippen molar-refractivity contribution in [2.45, 2.75) is 57.8 Å². The Morgan fingerprint density at radius 2 is 1.62 bits per heavy atom. The molecular weight excluding hydrogens is 266 g/mol. The molecule has 122 valence electrons. The van der Waals surface area contributed by atoms with E-state index in [0.717, 1.165) is 39.3 Å². The zero-order valence-electron chi connectivity index (χ0n) is 14.2. The number of hydroxylamine groups is 2. The Balaban J connectivity index is 1.83. The lowest BCUT2D eigenvalue weighted by Gasteiger charge is -2.48. The second kappa shape index (κ2) is 4.90. The minimum Gasteiger partial charge on any atom is -0.379 e. The van der Waals surface area contributed by atoms with Gasteiger partial charge in [-0.3, -0.25) is 9.74 Å². The molecule has 2 atom stereocenters. The Morgan fingerprint density at radius 1 is 1.10 bits per heavy atom. The van der Waals surface area contributed by atoms with E-state index in [1.807, 2.05) is 0 Å². The molecule has 2 N–H and O–H groups in total. The van der Waals surface area contributed by atoms with Crippen molar-refractivity contribution in [1.82, 2.24) is 9.96 Å². The first-order valence-corrected chi connectivity index (χ1v) is 8.34. The van der Waals surface area contributed by atoms with Gasteiger partial charge < -0.3 is 10.5 Å². The van der Waals surface area contributed by atoms with E-state index in [2.05, 4.69) is 44.6 Å². The van der Waals surface area contributed by atoms with Crippen LogP contribution in [0.25, 0.3) is 0 Å². The topological polar surface area (TPSA) is 51.0 Å². The summed E-state index contributed by atoms with van der Waals surface area (Å²) in [6.45, 7) is 15.6. The van der Waals surface area contributed by atoms with Crippen LogP contribution in [0.4, 0.5) is 0 Å². The summed E-state index contributed by atoms with van der Waals surface area (Å²) in [7, 11) is 0. The molecule has 2 saturated heterocycles. The van der Waals surface area contributed by atoms with Gasteiger partial charge in [0.05, 0.1) is 25.5 Å². The van der Waals surface area contributed by atoms with Crippen molar-refractivity contribution in [2.75, 3.05) is 32.9 Å². The molecule has 3 fully saturated rings. The summed E-state index contributed by atoms with van der Waals surface area (Å²) < 4.78 is 5.49. The van der Waals surface area contributed by atoms with Gasteiger partial charge in [0.1, 0.15) is 0 Å². The number of hydrogen-bond donors (Lipinski definition) is 1. The van der Waals surface area contributed by atoms with Crippen LogP contribution in [0.15, 0.2) is 0 Å². The molecular formula is C16H31N3O2.